The molecule has 2 aromatic rings. The summed E-state index contributed by atoms with van der Waals surface area (Å²) in [6, 6.07) is 8.04. The van der Waals surface area contributed by atoms with Crippen LogP contribution in [0.15, 0.2) is 35.3 Å². The third kappa shape index (κ3) is 2.76. The van der Waals surface area contributed by atoms with Crippen molar-refractivity contribution in [3.8, 4) is 5.69 Å². The number of nitrogens with one attached hydrogen (secondary N) is 1. The van der Waals surface area contributed by atoms with Crippen LogP contribution in [0.1, 0.15) is 22.4 Å². The van der Waals surface area contributed by atoms with Crippen molar-refractivity contribution in [3.05, 3.63) is 63.1 Å². The normalized spacial score (nSPS) is 10.7. The lowest BCUT2D eigenvalue weighted by molar-refractivity contribution is 0.794. The van der Waals surface area contributed by atoms with Gasteiger partial charge in [-0.25, -0.2) is 0 Å². The second-order valence-electron chi connectivity index (χ2n) is 4.97. The second kappa shape index (κ2) is 5.41. The Bertz CT molecular complexity index is 656. The van der Waals surface area contributed by atoms with E-state index in [0.717, 1.165) is 16.9 Å². The van der Waals surface area contributed by atoms with E-state index in [2.05, 4.69) is 41.9 Å². The summed E-state index contributed by atoms with van der Waals surface area (Å²) in [5.74, 6) is 0. The van der Waals surface area contributed by atoms with Gasteiger partial charge in [0.25, 0.3) is 0 Å². The topological polar surface area (TPSA) is 34.0 Å². The molecule has 0 radical (unpaired) electrons. The molecule has 3 heteroatoms. The predicted molar refractivity (Wildman–Crippen MR) is 79.0 cm³/mol. The van der Waals surface area contributed by atoms with Crippen LogP contribution < -0.4 is 10.7 Å². The minimum atomic E-state index is 0.0898. The molecule has 0 bridgehead atoms. The van der Waals surface area contributed by atoms with E-state index >= 15 is 0 Å². The van der Waals surface area contributed by atoms with Gasteiger partial charge in [-0.1, -0.05) is 6.07 Å². The highest BCUT2D eigenvalue weighted by Crippen LogP contribution is 2.15. The zero-order valence-corrected chi connectivity index (χ0v) is 11.9. The monoisotopic (exact) mass is 256 g/mol. The fourth-order valence-electron chi connectivity index (χ4n) is 2.15. The van der Waals surface area contributed by atoms with E-state index in [9.17, 15) is 4.79 Å². The van der Waals surface area contributed by atoms with E-state index in [1.165, 1.54) is 11.1 Å². The Morgan fingerprint density at radius 2 is 1.84 bits per heavy atom. The molecule has 0 saturated heterocycles. The molecule has 2 rings (SSSR count). The zero-order chi connectivity index (χ0) is 14.0. The smallest absolute Gasteiger partial charge is 0.186 e. The van der Waals surface area contributed by atoms with E-state index in [0.29, 0.717) is 6.54 Å². The van der Waals surface area contributed by atoms with Gasteiger partial charge in [-0.15, -0.1) is 0 Å². The fourth-order valence-corrected chi connectivity index (χ4v) is 2.15. The van der Waals surface area contributed by atoms with Crippen molar-refractivity contribution in [2.45, 2.75) is 27.3 Å². The first kappa shape index (κ1) is 13.6. The van der Waals surface area contributed by atoms with Gasteiger partial charge in [0, 0.05) is 35.8 Å². The first-order chi connectivity index (χ1) is 9.02. The maximum Gasteiger partial charge on any atom is 0.186 e. The number of benzene rings is 1. The molecule has 0 aliphatic heterocycles. The molecule has 3 nitrogen and oxygen atoms in total. The Kier molecular flexibility index (Phi) is 3.86. The Labute approximate surface area is 113 Å². The van der Waals surface area contributed by atoms with Crippen LogP contribution in [0.5, 0.6) is 0 Å². The Hall–Kier alpha value is -1.87. The molecule has 0 saturated carbocycles. The molecule has 0 spiro atoms. The molecule has 1 aromatic heterocycles. The largest absolute Gasteiger partial charge is 0.321 e. The molecular weight excluding hydrogens is 236 g/mol. The fraction of sp³-hybridized carbons (Fsp3) is 0.312. The summed E-state index contributed by atoms with van der Waals surface area (Å²) in [6.45, 7) is 6.75. The predicted octanol–water partition coefficient (Wildman–Crippen LogP) is 2.48. The van der Waals surface area contributed by atoms with E-state index in [1.807, 2.05) is 20.2 Å². The highest BCUT2D eigenvalue weighted by Gasteiger charge is 2.06. The van der Waals surface area contributed by atoms with Crippen molar-refractivity contribution in [1.82, 2.24) is 9.88 Å². The van der Waals surface area contributed by atoms with Gasteiger partial charge in [0.15, 0.2) is 5.43 Å². The molecule has 1 heterocycles. The van der Waals surface area contributed by atoms with E-state index < -0.39 is 0 Å². The summed E-state index contributed by atoms with van der Waals surface area (Å²) in [5.41, 5.74) is 5.45. The third-order valence-electron chi connectivity index (χ3n) is 3.46. The van der Waals surface area contributed by atoms with Crippen molar-refractivity contribution in [1.29, 1.82) is 0 Å². The van der Waals surface area contributed by atoms with Crippen LogP contribution in [0.2, 0.25) is 0 Å². The third-order valence-corrected chi connectivity index (χ3v) is 3.46. The molecule has 0 amide bonds. The standard InChI is InChI=1S/C16H20N2O/c1-11-5-6-15(7-12(11)2)18-10-14(9-17-4)16(19)8-13(18)3/h5-8,10,17H,9H2,1-4H3. The summed E-state index contributed by atoms with van der Waals surface area (Å²) >= 11 is 0. The zero-order valence-electron chi connectivity index (χ0n) is 11.9. The lowest BCUT2D eigenvalue weighted by atomic mass is 10.1. The summed E-state index contributed by atoms with van der Waals surface area (Å²) < 4.78 is 2.07. The molecule has 0 aliphatic rings. The lowest BCUT2D eigenvalue weighted by Gasteiger charge is -2.14. The molecule has 0 fully saturated rings. The highest BCUT2D eigenvalue weighted by atomic mass is 16.1. The molecule has 0 atom stereocenters. The van der Waals surface area contributed by atoms with Crippen LogP contribution in [0, 0.1) is 20.8 Å². The number of nitrogens with zero attached hydrogens (tertiary/aromatic N) is 1. The van der Waals surface area contributed by atoms with Gasteiger partial charge in [-0.3, -0.25) is 4.79 Å². The Morgan fingerprint density at radius 1 is 1.11 bits per heavy atom. The van der Waals surface area contributed by atoms with Gasteiger partial charge in [0.2, 0.25) is 0 Å². The van der Waals surface area contributed by atoms with Crippen LogP contribution >= 0.6 is 0 Å². The SMILES string of the molecule is CNCc1cn(-c2ccc(C)c(C)c2)c(C)cc1=O. The first-order valence-corrected chi connectivity index (χ1v) is 6.47. The molecule has 19 heavy (non-hydrogen) atoms. The molecule has 1 aromatic carbocycles. The first-order valence-electron chi connectivity index (χ1n) is 6.47. The summed E-state index contributed by atoms with van der Waals surface area (Å²) in [5, 5.41) is 3.03. The number of rotatable bonds is 3. The molecular formula is C16H20N2O. The number of pyridine rings is 1. The number of hydrogen-bond donors (Lipinski definition) is 1. The molecule has 1 N–H and O–H groups in total. The minimum Gasteiger partial charge on any atom is -0.321 e. The maximum absolute atomic E-state index is 11.9. The van der Waals surface area contributed by atoms with E-state index in [4.69, 9.17) is 0 Å². The van der Waals surface area contributed by atoms with Crippen LogP contribution in [0.25, 0.3) is 5.69 Å². The van der Waals surface area contributed by atoms with Crippen molar-refractivity contribution < 1.29 is 0 Å². The average molecular weight is 256 g/mol. The van der Waals surface area contributed by atoms with Crippen molar-refractivity contribution in [2.24, 2.45) is 0 Å². The Balaban J connectivity index is 2.57. The summed E-state index contributed by atoms with van der Waals surface area (Å²) in [7, 11) is 1.85. The van der Waals surface area contributed by atoms with Crippen LogP contribution in [-0.2, 0) is 6.54 Å². The average Bonchev–Trinajstić information content (AvgIpc) is 2.36. The lowest BCUT2D eigenvalue weighted by Crippen LogP contribution is -2.19. The Morgan fingerprint density at radius 3 is 2.47 bits per heavy atom. The van der Waals surface area contributed by atoms with Gasteiger partial charge in [-0.2, -0.15) is 0 Å². The van der Waals surface area contributed by atoms with Gasteiger partial charge < -0.3 is 9.88 Å². The summed E-state index contributed by atoms with van der Waals surface area (Å²) in [6.07, 6.45) is 1.93. The number of hydrogen-bond acceptors (Lipinski definition) is 2. The molecule has 0 aliphatic carbocycles. The minimum absolute atomic E-state index is 0.0898. The number of aromatic nitrogens is 1. The van der Waals surface area contributed by atoms with Crippen molar-refractivity contribution in [3.63, 3.8) is 0 Å². The van der Waals surface area contributed by atoms with Crippen LogP contribution in [-0.4, -0.2) is 11.6 Å². The maximum atomic E-state index is 11.9. The summed E-state index contributed by atoms with van der Waals surface area (Å²) in [4.78, 5) is 11.9. The van der Waals surface area contributed by atoms with Gasteiger partial charge >= 0.3 is 0 Å². The van der Waals surface area contributed by atoms with Crippen LogP contribution in [0.3, 0.4) is 0 Å². The van der Waals surface area contributed by atoms with E-state index in [-0.39, 0.29) is 5.43 Å². The molecule has 100 valence electrons. The quantitative estimate of drug-likeness (QED) is 0.915. The van der Waals surface area contributed by atoms with Crippen LogP contribution in [0.4, 0.5) is 0 Å². The van der Waals surface area contributed by atoms with Gasteiger partial charge in [0.05, 0.1) is 0 Å². The van der Waals surface area contributed by atoms with Crippen molar-refractivity contribution >= 4 is 0 Å². The van der Waals surface area contributed by atoms with E-state index in [1.54, 1.807) is 6.07 Å². The van der Waals surface area contributed by atoms with Gasteiger partial charge in [0.1, 0.15) is 0 Å². The molecule has 0 unspecified atom stereocenters. The van der Waals surface area contributed by atoms with Crippen molar-refractivity contribution in [2.75, 3.05) is 7.05 Å². The van der Waals surface area contributed by atoms with Gasteiger partial charge in [-0.05, 0) is 51.1 Å². The second-order valence-corrected chi connectivity index (χ2v) is 4.97. The highest BCUT2D eigenvalue weighted by molar-refractivity contribution is 5.41. The number of aryl methyl sites for hydroxylation is 3.